The molecule has 0 heterocycles. The third-order valence-electron chi connectivity index (χ3n) is 0.588. The fourth-order valence-corrected chi connectivity index (χ4v) is 0.136. The molecule has 8 heavy (non-hydrogen) atoms. The average molecular weight is 127 g/mol. The quantitative estimate of drug-likeness (QED) is 0.305. The number of nitrogens with two attached hydrogens (primary N) is 1. The molecule has 0 amide bonds. The number of hydrogen-bond donors (Lipinski definition) is 1. The fraction of sp³-hybridized carbons (Fsp3) is 0.750. The van der Waals surface area contributed by atoms with Crippen molar-refractivity contribution in [3.05, 3.63) is 0 Å². The van der Waals surface area contributed by atoms with Gasteiger partial charge in [-0.25, -0.2) is 0 Å². The zero-order valence-corrected chi connectivity index (χ0v) is 7.47. The van der Waals surface area contributed by atoms with Gasteiger partial charge in [-0.1, -0.05) is 13.8 Å². The van der Waals surface area contributed by atoms with Crippen LogP contribution in [0, 0.1) is 5.92 Å². The smallest absolute Gasteiger partial charge is 1.00 e. The van der Waals surface area contributed by atoms with Crippen molar-refractivity contribution in [3.8, 4) is 0 Å². The van der Waals surface area contributed by atoms with Gasteiger partial charge in [0.25, 0.3) is 0 Å². The molecule has 0 aromatic carbocycles. The van der Waals surface area contributed by atoms with E-state index in [2.05, 4.69) is 10.7 Å². The molecule has 0 atom stereocenters. The maximum Gasteiger partial charge on any atom is 1.00 e. The van der Waals surface area contributed by atoms with E-state index in [1.54, 1.807) is 13.8 Å². The molecule has 0 radical (unpaired) electrons. The summed E-state index contributed by atoms with van der Waals surface area (Å²) in [6, 6.07) is 0. The number of carbonyl (C=O) groups is 1. The molecule has 0 aromatic heterocycles. The summed E-state index contributed by atoms with van der Waals surface area (Å²) in [6.45, 7) is 3.43. The molecule has 0 fully saturated rings. The molecule has 3 nitrogen and oxygen atoms in total. The van der Waals surface area contributed by atoms with E-state index in [1.165, 1.54) is 0 Å². The summed E-state index contributed by atoms with van der Waals surface area (Å²) in [5.74, 6) is 4.03. The van der Waals surface area contributed by atoms with Crippen molar-refractivity contribution in [3.63, 3.8) is 0 Å². The summed E-state index contributed by atoms with van der Waals surface area (Å²) in [6.07, 6.45) is 0. The van der Waals surface area contributed by atoms with Crippen molar-refractivity contribution in [2.24, 2.45) is 11.8 Å². The maximum absolute atomic E-state index is 10.2. The minimum atomic E-state index is -0.375. The first-order valence-electron chi connectivity index (χ1n) is 2.09. The van der Waals surface area contributed by atoms with Gasteiger partial charge in [0, 0.05) is 0 Å². The van der Waals surface area contributed by atoms with E-state index in [0.717, 1.165) is 0 Å². The normalized spacial score (nSPS) is 8.00. The molecule has 0 aliphatic rings. The Morgan fingerprint density at radius 3 is 2.12 bits per heavy atom. The molecule has 44 valence electrons. The van der Waals surface area contributed by atoms with Gasteiger partial charge >= 0.3 is 35.5 Å². The van der Waals surface area contributed by atoms with Gasteiger partial charge in [-0.2, -0.15) is 5.90 Å². The Morgan fingerprint density at radius 2 is 2.12 bits per heavy atom. The molecule has 4 heteroatoms. The Labute approximate surface area is 72.3 Å². The van der Waals surface area contributed by atoms with Crippen LogP contribution in [0.25, 0.3) is 0 Å². The van der Waals surface area contributed by atoms with Gasteiger partial charge in [0.1, 0.15) is 0 Å². The first-order chi connectivity index (χ1) is 3.18. The first-order valence-corrected chi connectivity index (χ1v) is 2.09. The summed E-state index contributed by atoms with van der Waals surface area (Å²) >= 11 is 0. The third kappa shape index (κ3) is 4.59. The van der Waals surface area contributed by atoms with Gasteiger partial charge in [-0.15, -0.1) is 0 Å². The van der Waals surface area contributed by atoms with Crippen molar-refractivity contribution >= 4 is 5.97 Å². The summed E-state index contributed by atoms with van der Waals surface area (Å²) in [5, 5.41) is 0. The van der Waals surface area contributed by atoms with E-state index in [9.17, 15) is 4.79 Å². The SMILES string of the molecule is CC(C)C(=O)ON.[H-].[Na+]. The minimum absolute atomic E-state index is 0. The molecule has 0 unspecified atom stereocenters. The summed E-state index contributed by atoms with van der Waals surface area (Å²) in [7, 11) is 0. The molecule has 0 aliphatic carbocycles. The van der Waals surface area contributed by atoms with E-state index < -0.39 is 0 Å². The topological polar surface area (TPSA) is 52.3 Å². The van der Waals surface area contributed by atoms with Crippen LogP contribution in [0.3, 0.4) is 0 Å². The van der Waals surface area contributed by atoms with E-state index in [-0.39, 0.29) is 42.9 Å². The molecule has 0 saturated carbocycles. The Balaban J connectivity index is -0.000000180. The van der Waals surface area contributed by atoms with Crippen LogP contribution >= 0.6 is 0 Å². The largest absolute Gasteiger partial charge is 1.00 e. The zero-order valence-electron chi connectivity index (χ0n) is 6.47. The van der Waals surface area contributed by atoms with Crippen LogP contribution in [0.5, 0.6) is 0 Å². The van der Waals surface area contributed by atoms with Crippen molar-refractivity contribution in [1.29, 1.82) is 0 Å². The molecule has 0 spiro atoms. The van der Waals surface area contributed by atoms with Crippen LogP contribution in [0.4, 0.5) is 0 Å². The molecular weight excluding hydrogens is 117 g/mol. The second kappa shape index (κ2) is 5.56. The van der Waals surface area contributed by atoms with Crippen LogP contribution in [0.1, 0.15) is 15.3 Å². The summed E-state index contributed by atoms with van der Waals surface area (Å²) in [5.41, 5.74) is 0. The van der Waals surface area contributed by atoms with Crippen LogP contribution in [-0.4, -0.2) is 5.97 Å². The second-order valence-corrected chi connectivity index (χ2v) is 1.59. The van der Waals surface area contributed by atoms with Crippen LogP contribution < -0.4 is 35.5 Å². The van der Waals surface area contributed by atoms with E-state index >= 15 is 0 Å². The Bertz CT molecular complexity index is 79.0. The second-order valence-electron chi connectivity index (χ2n) is 1.59. The Hall–Kier alpha value is 0.430. The van der Waals surface area contributed by atoms with Gasteiger partial charge in [0.15, 0.2) is 0 Å². The third-order valence-corrected chi connectivity index (χ3v) is 0.588. The molecule has 0 saturated heterocycles. The van der Waals surface area contributed by atoms with Crippen molar-refractivity contribution in [1.82, 2.24) is 0 Å². The van der Waals surface area contributed by atoms with Gasteiger partial charge in [0.05, 0.1) is 5.92 Å². The zero-order chi connectivity index (χ0) is 5.86. The van der Waals surface area contributed by atoms with Gasteiger partial charge < -0.3 is 6.26 Å². The summed E-state index contributed by atoms with van der Waals surface area (Å²) < 4.78 is 0. The minimum Gasteiger partial charge on any atom is -1.00 e. The Kier molecular flexibility index (Phi) is 7.83. The van der Waals surface area contributed by atoms with Gasteiger partial charge in [-0.3, -0.25) is 4.79 Å². The predicted molar refractivity (Wildman–Crippen MR) is 26.2 cm³/mol. The van der Waals surface area contributed by atoms with Crippen molar-refractivity contribution < 1.29 is 40.6 Å². The molecular formula is C4H10NNaO2. The van der Waals surface area contributed by atoms with Crippen LogP contribution in [0.2, 0.25) is 0 Å². The van der Waals surface area contributed by atoms with Crippen LogP contribution in [-0.2, 0) is 9.63 Å². The van der Waals surface area contributed by atoms with Crippen molar-refractivity contribution in [2.75, 3.05) is 0 Å². The van der Waals surface area contributed by atoms with E-state index in [1.807, 2.05) is 0 Å². The molecule has 0 aromatic rings. The molecule has 0 bridgehead atoms. The standard InChI is InChI=1S/C4H9NO2.Na.H/c1-3(2)4(6)7-5;;/h3H,5H2,1-2H3;;/q;+1;-1. The molecule has 0 rings (SSSR count). The fourth-order valence-electron chi connectivity index (χ4n) is 0.136. The van der Waals surface area contributed by atoms with E-state index in [4.69, 9.17) is 0 Å². The van der Waals surface area contributed by atoms with E-state index in [0.29, 0.717) is 0 Å². The monoisotopic (exact) mass is 127 g/mol. The number of rotatable bonds is 1. The maximum atomic E-state index is 10.2. The van der Waals surface area contributed by atoms with Gasteiger partial charge in [-0.05, 0) is 0 Å². The Morgan fingerprint density at radius 1 is 1.75 bits per heavy atom. The van der Waals surface area contributed by atoms with Gasteiger partial charge in [0.2, 0.25) is 0 Å². The van der Waals surface area contributed by atoms with Crippen LogP contribution in [0.15, 0.2) is 0 Å². The summed E-state index contributed by atoms with van der Waals surface area (Å²) in [4.78, 5) is 14.0. The van der Waals surface area contributed by atoms with Crippen molar-refractivity contribution in [2.45, 2.75) is 13.8 Å². The molecule has 0 aliphatic heterocycles. The number of hydrogen-bond acceptors (Lipinski definition) is 3. The number of carbonyl (C=O) groups excluding carboxylic acids is 1. The molecule has 2 N–H and O–H groups in total. The predicted octanol–water partition coefficient (Wildman–Crippen LogP) is -2.82. The average Bonchev–Trinajstić information content (AvgIpc) is 1.65. The first kappa shape index (κ1) is 11.3.